The fraction of sp³-hybridized carbons (Fsp3) is 0.304. The second kappa shape index (κ2) is 19.2. The van der Waals surface area contributed by atoms with Gasteiger partial charge in [-0.2, -0.15) is 36.5 Å². The lowest BCUT2D eigenvalue weighted by atomic mass is 10.0. The summed E-state index contributed by atoms with van der Waals surface area (Å²) in [5.41, 5.74) is 7.31. The smallest absolute Gasteiger partial charge is 0.382 e. The molecule has 344 valence electrons. The Balaban J connectivity index is 0.000000182. The first-order chi connectivity index (χ1) is 31.5. The van der Waals surface area contributed by atoms with Crippen LogP contribution in [0.2, 0.25) is 5.15 Å². The first-order valence-corrected chi connectivity index (χ1v) is 22.3. The molecule has 0 unspecified atom stereocenters. The number of benzene rings is 3. The number of alkyl halides is 6. The third-order valence-corrected chi connectivity index (χ3v) is 11.8. The first kappa shape index (κ1) is 46.2. The maximum Gasteiger partial charge on any atom is 0.390 e. The zero-order valence-electron chi connectivity index (χ0n) is 35.5. The normalized spacial score (nSPS) is 13.9. The van der Waals surface area contributed by atoms with Gasteiger partial charge in [-0.05, 0) is 93.1 Å². The molecular weight excluding hydrogens is 906 g/mol. The van der Waals surface area contributed by atoms with Gasteiger partial charge >= 0.3 is 12.4 Å². The third kappa shape index (κ3) is 11.7. The van der Waals surface area contributed by atoms with Crippen molar-refractivity contribution in [1.29, 1.82) is 0 Å². The number of rotatable bonds is 14. The van der Waals surface area contributed by atoms with Crippen LogP contribution in [0, 0.1) is 13.8 Å². The summed E-state index contributed by atoms with van der Waals surface area (Å²) >= 11 is 7.50. The number of nitrogens with zero attached hydrogens (tertiary/aromatic N) is 6. The average Bonchev–Trinajstić information content (AvgIpc) is 4.17. The van der Waals surface area contributed by atoms with E-state index in [4.69, 9.17) is 16.7 Å². The second-order valence-electron chi connectivity index (χ2n) is 16.1. The Morgan fingerprint density at radius 2 is 1.14 bits per heavy atom. The number of imidazole rings is 2. The number of anilines is 2. The largest absolute Gasteiger partial charge is 0.390 e. The molecule has 0 saturated heterocycles. The van der Waals surface area contributed by atoms with E-state index in [2.05, 4.69) is 36.3 Å². The Morgan fingerprint density at radius 3 is 1.59 bits per heavy atom. The van der Waals surface area contributed by atoms with Crippen LogP contribution in [0.5, 0.6) is 0 Å². The van der Waals surface area contributed by atoms with Crippen molar-refractivity contribution in [3.8, 4) is 22.5 Å². The number of halogens is 7. The van der Waals surface area contributed by atoms with Crippen molar-refractivity contribution >= 4 is 57.8 Å². The standard InChI is InChI=1S/C26H24F3N5OS.C20H19ClF3N5O/c1-16-13-17(7-10-20(16)25(35)32-18-8-9-18)22-15-31-24-21(30-12-11-26(27,28)29)14-23(33-34(22)24)36-19-5-3-2-4-6-19;1-11-8-12(2-5-14(11)19(30)27-13-3-4-13)16-10-26-18-15(9-17(21)28-29(16)18)25-7-6-20(22,23)24/h2-7,10,13-15,18,30H,8-9,11-12H2,1H3,(H,32,35);2,5,8-10,13,25H,3-4,6-7H2,1H3,(H,27,30). The molecule has 7 aromatic rings. The molecule has 2 aliphatic carbocycles. The van der Waals surface area contributed by atoms with Gasteiger partial charge in [0.2, 0.25) is 0 Å². The van der Waals surface area contributed by atoms with E-state index in [9.17, 15) is 35.9 Å². The molecule has 12 nitrogen and oxygen atoms in total. The lowest BCUT2D eigenvalue weighted by molar-refractivity contribution is -0.132. The summed E-state index contributed by atoms with van der Waals surface area (Å²) in [5, 5.41) is 21.3. The molecule has 9 rings (SSSR count). The number of fused-ring (bicyclic) bond motifs is 2. The van der Waals surface area contributed by atoms with Crippen LogP contribution in [-0.4, -0.2) is 78.5 Å². The minimum atomic E-state index is -4.26. The van der Waals surface area contributed by atoms with E-state index >= 15 is 0 Å². The number of hydrogen-bond acceptors (Lipinski definition) is 9. The van der Waals surface area contributed by atoms with Crippen LogP contribution in [0.4, 0.5) is 37.7 Å². The van der Waals surface area contributed by atoms with Crippen LogP contribution in [0.15, 0.2) is 101 Å². The molecule has 0 atom stereocenters. The highest BCUT2D eigenvalue weighted by atomic mass is 35.5. The van der Waals surface area contributed by atoms with Crippen LogP contribution >= 0.6 is 23.4 Å². The SMILES string of the molecule is Cc1cc(-c2cnc3c(NCCC(F)(F)F)cc(Cl)nn23)ccc1C(=O)NC1CC1.Cc1cc(-c2cnc3c(NCCC(F)(F)F)cc(Sc4ccccc4)nn23)ccc1C(=O)NC1CC1. The van der Waals surface area contributed by atoms with E-state index in [1.807, 2.05) is 62.4 Å². The maximum atomic E-state index is 12.8. The summed E-state index contributed by atoms with van der Waals surface area (Å²) in [6.45, 7) is 3.15. The first-order valence-electron chi connectivity index (χ1n) is 21.1. The van der Waals surface area contributed by atoms with Crippen molar-refractivity contribution in [2.24, 2.45) is 0 Å². The van der Waals surface area contributed by atoms with Gasteiger partial charge in [-0.1, -0.05) is 53.7 Å². The number of aromatic nitrogens is 6. The van der Waals surface area contributed by atoms with E-state index in [-0.39, 0.29) is 42.1 Å². The number of hydrogen-bond donors (Lipinski definition) is 4. The molecule has 2 aliphatic rings. The molecule has 4 heterocycles. The van der Waals surface area contributed by atoms with E-state index in [0.717, 1.165) is 52.8 Å². The van der Waals surface area contributed by atoms with E-state index < -0.39 is 25.2 Å². The van der Waals surface area contributed by atoms with E-state index in [1.54, 1.807) is 41.2 Å². The van der Waals surface area contributed by atoms with Gasteiger partial charge in [0.1, 0.15) is 5.03 Å². The predicted molar refractivity (Wildman–Crippen MR) is 241 cm³/mol. The lowest BCUT2D eigenvalue weighted by Gasteiger charge is -2.12. The van der Waals surface area contributed by atoms with Gasteiger partial charge in [0.15, 0.2) is 16.4 Å². The van der Waals surface area contributed by atoms with Crippen molar-refractivity contribution in [1.82, 2.24) is 39.8 Å². The van der Waals surface area contributed by atoms with Gasteiger partial charge < -0.3 is 21.3 Å². The van der Waals surface area contributed by atoms with Crippen LogP contribution in [0.25, 0.3) is 33.8 Å². The third-order valence-electron chi connectivity index (χ3n) is 10.7. The monoisotopic (exact) mass is 948 g/mol. The van der Waals surface area contributed by atoms with Gasteiger partial charge in [0.25, 0.3) is 11.8 Å². The number of amides is 2. The van der Waals surface area contributed by atoms with Crippen molar-refractivity contribution in [2.45, 2.75) is 86.7 Å². The summed E-state index contributed by atoms with van der Waals surface area (Å²) in [6.07, 6.45) is -3.18. The number of aryl methyl sites for hydroxylation is 2. The van der Waals surface area contributed by atoms with Crippen molar-refractivity contribution in [3.05, 3.63) is 119 Å². The molecule has 4 aromatic heterocycles. The fourth-order valence-electron chi connectivity index (χ4n) is 7.01. The molecule has 4 N–H and O–H groups in total. The van der Waals surface area contributed by atoms with Gasteiger partial charge in [0.05, 0.1) is 48.0 Å². The molecular formula is C46H43ClF6N10O2S. The molecule has 66 heavy (non-hydrogen) atoms. The zero-order valence-corrected chi connectivity index (χ0v) is 37.1. The molecule has 2 amide bonds. The second-order valence-corrected chi connectivity index (χ2v) is 17.6. The Bertz CT molecular complexity index is 2900. The van der Waals surface area contributed by atoms with Crippen LogP contribution < -0.4 is 21.3 Å². The fourth-order valence-corrected chi connectivity index (χ4v) is 8.03. The Morgan fingerprint density at radius 1 is 0.667 bits per heavy atom. The zero-order chi connectivity index (χ0) is 46.8. The molecule has 0 aliphatic heterocycles. The Kier molecular flexibility index (Phi) is 13.5. The van der Waals surface area contributed by atoms with Gasteiger partial charge in [-0.3, -0.25) is 9.59 Å². The minimum absolute atomic E-state index is 0.0875. The van der Waals surface area contributed by atoms with Crippen LogP contribution in [0.3, 0.4) is 0 Å². The van der Waals surface area contributed by atoms with Crippen molar-refractivity contribution < 1.29 is 35.9 Å². The number of carbonyl (C=O) groups is 2. The molecule has 20 heteroatoms. The van der Waals surface area contributed by atoms with Crippen LogP contribution in [-0.2, 0) is 0 Å². The maximum absolute atomic E-state index is 12.8. The van der Waals surface area contributed by atoms with Crippen molar-refractivity contribution in [3.63, 3.8) is 0 Å². The quantitative estimate of drug-likeness (QED) is 0.0784. The molecule has 2 fully saturated rings. The van der Waals surface area contributed by atoms with Gasteiger partial charge in [-0.25, -0.2) is 19.0 Å². The predicted octanol–water partition coefficient (Wildman–Crippen LogP) is 10.7. The molecule has 0 radical (unpaired) electrons. The lowest BCUT2D eigenvalue weighted by Crippen LogP contribution is -2.26. The summed E-state index contributed by atoms with van der Waals surface area (Å²) in [4.78, 5) is 34.6. The van der Waals surface area contributed by atoms with Gasteiger partial charge in [0, 0.05) is 58.4 Å². The van der Waals surface area contributed by atoms with E-state index in [0.29, 0.717) is 50.2 Å². The number of carbonyl (C=O) groups excluding carboxylic acids is 2. The van der Waals surface area contributed by atoms with E-state index in [1.165, 1.54) is 22.3 Å². The van der Waals surface area contributed by atoms with Crippen LogP contribution in [0.1, 0.15) is 70.4 Å². The Labute approximate surface area is 383 Å². The van der Waals surface area contributed by atoms with Crippen molar-refractivity contribution in [2.75, 3.05) is 23.7 Å². The number of nitrogens with one attached hydrogen (secondary N) is 4. The summed E-state index contributed by atoms with van der Waals surface area (Å²) < 4.78 is 78.7. The highest BCUT2D eigenvalue weighted by molar-refractivity contribution is 7.99. The molecule has 3 aromatic carbocycles. The minimum Gasteiger partial charge on any atom is -0.382 e. The Hall–Kier alpha value is -6.34. The summed E-state index contributed by atoms with van der Waals surface area (Å²) in [6, 6.07) is 24.2. The summed E-state index contributed by atoms with van der Waals surface area (Å²) in [5.74, 6) is -0.187. The van der Waals surface area contributed by atoms with Gasteiger partial charge in [-0.15, -0.1) is 0 Å². The topological polar surface area (TPSA) is 143 Å². The highest BCUT2D eigenvalue weighted by Gasteiger charge is 2.29. The molecule has 2 saturated carbocycles. The molecule has 0 bridgehead atoms. The highest BCUT2D eigenvalue weighted by Crippen LogP contribution is 2.33. The molecule has 0 spiro atoms. The summed E-state index contributed by atoms with van der Waals surface area (Å²) in [7, 11) is 0. The average molecular weight is 949 g/mol.